The zero-order chi connectivity index (χ0) is 25.3. The van der Waals surface area contributed by atoms with E-state index in [0.29, 0.717) is 13.2 Å². The molecule has 190 valence electrons. The molecule has 7 nitrogen and oxygen atoms in total. The molecule has 0 fully saturated rings. The maximum absolute atomic E-state index is 13.2. The third-order valence-electron chi connectivity index (χ3n) is 5.84. The Morgan fingerprint density at radius 1 is 0.886 bits per heavy atom. The lowest BCUT2D eigenvalue weighted by molar-refractivity contribution is 0.0498. The summed E-state index contributed by atoms with van der Waals surface area (Å²) in [6.07, 6.45) is 7.96. The number of unbranched alkanes of at least 4 members (excludes halogenated alkanes) is 6. The third-order valence-corrected chi connectivity index (χ3v) is 7.31. The van der Waals surface area contributed by atoms with Gasteiger partial charge in [0.15, 0.2) is 11.5 Å². The highest BCUT2D eigenvalue weighted by Gasteiger charge is 2.22. The average molecular weight is 503 g/mol. The van der Waals surface area contributed by atoms with Gasteiger partial charge in [-0.3, -0.25) is 4.79 Å². The molecule has 2 aromatic carbocycles. The first-order chi connectivity index (χ1) is 16.9. The summed E-state index contributed by atoms with van der Waals surface area (Å²) in [5.74, 6) is -0.990. The van der Waals surface area contributed by atoms with Crippen LogP contribution in [0.25, 0.3) is 21.9 Å². The number of sulfone groups is 1. The summed E-state index contributed by atoms with van der Waals surface area (Å²) in [5, 5.41) is 0.324. The van der Waals surface area contributed by atoms with Gasteiger partial charge in [0.2, 0.25) is 15.3 Å². The van der Waals surface area contributed by atoms with Gasteiger partial charge >= 0.3 is 5.97 Å². The molecule has 0 unspecified atom stereocenters. The number of esters is 1. The maximum atomic E-state index is 13.2. The van der Waals surface area contributed by atoms with Crippen molar-refractivity contribution in [1.29, 1.82) is 0 Å². The smallest absolute Gasteiger partial charge is 0.338 e. The van der Waals surface area contributed by atoms with Crippen LogP contribution in [-0.2, 0) is 19.3 Å². The second-order valence-corrected chi connectivity index (χ2v) is 10.6. The van der Waals surface area contributed by atoms with E-state index in [2.05, 4.69) is 13.8 Å². The van der Waals surface area contributed by atoms with Gasteiger partial charge in [-0.2, -0.15) is 0 Å². The van der Waals surface area contributed by atoms with Crippen molar-refractivity contribution in [2.45, 2.75) is 70.1 Å². The van der Waals surface area contributed by atoms with E-state index in [1.54, 1.807) is 0 Å². The minimum atomic E-state index is -3.84. The summed E-state index contributed by atoms with van der Waals surface area (Å²) < 4.78 is 42.5. The van der Waals surface area contributed by atoms with Crippen molar-refractivity contribution in [3.8, 4) is 0 Å². The largest absolute Gasteiger partial charge is 0.462 e. The molecule has 0 aliphatic carbocycles. The highest BCUT2D eigenvalue weighted by molar-refractivity contribution is 7.91. The minimum Gasteiger partial charge on any atom is -0.462 e. The molecule has 0 aliphatic rings. The van der Waals surface area contributed by atoms with E-state index in [9.17, 15) is 18.0 Å². The number of carbonyl (C=O) groups excluding carboxylic acids is 1. The summed E-state index contributed by atoms with van der Waals surface area (Å²) in [7, 11) is -3.84. The van der Waals surface area contributed by atoms with Crippen LogP contribution >= 0.6 is 0 Å². The zero-order valence-corrected chi connectivity index (χ0v) is 21.3. The third kappa shape index (κ3) is 6.92. The van der Waals surface area contributed by atoms with Crippen LogP contribution in [0.3, 0.4) is 0 Å². The van der Waals surface area contributed by atoms with Crippen LogP contribution in [0.1, 0.15) is 75.6 Å². The molecule has 3 aromatic rings. The van der Waals surface area contributed by atoms with Gasteiger partial charge in [0.25, 0.3) is 0 Å². The molecule has 8 heteroatoms. The lowest BCUT2D eigenvalue weighted by atomic mass is 10.1. The molecule has 1 aromatic heterocycles. The van der Waals surface area contributed by atoms with E-state index in [0.717, 1.165) is 51.4 Å². The number of benzene rings is 2. The molecule has 0 spiro atoms. The Hall–Kier alpha value is -2.71. The van der Waals surface area contributed by atoms with Crippen LogP contribution in [0, 0.1) is 0 Å². The molecule has 0 saturated carbocycles. The van der Waals surface area contributed by atoms with Crippen LogP contribution in [0.5, 0.6) is 0 Å². The Kier molecular flexibility index (Phi) is 9.86. The Bertz CT molecular complexity index is 1310. The molecule has 3 rings (SSSR count). The number of hydrogen-bond acceptors (Lipinski definition) is 7. The lowest BCUT2D eigenvalue weighted by Crippen LogP contribution is -2.13. The molecule has 0 atom stereocenters. The highest BCUT2D eigenvalue weighted by atomic mass is 32.2. The van der Waals surface area contributed by atoms with E-state index in [-0.39, 0.29) is 32.4 Å². The first kappa shape index (κ1) is 26.9. The molecular weight excluding hydrogens is 468 g/mol. The summed E-state index contributed by atoms with van der Waals surface area (Å²) in [6.45, 7) is 4.88. The van der Waals surface area contributed by atoms with Gasteiger partial charge in [-0.1, -0.05) is 58.4 Å². The zero-order valence-electron chi connectivity index (χ0n) is 20.5. The average Bonchev–Trinajstić information content (AvgIpc) is 2.85. The van der Waals surface area contributed by atoms with Crippen molar-refractivity contribution in [3.63, 3.8) is 0 Å². The SMILES string of the molecule is CCCCCCCOCS(=O)(=O)c1cccc2c(=O)c3cc(C(=O)OCCCCC)ccc3oc12. The van der Waals surface area contributed by atoms with Gasteiger partial charge in [-0.15, -0.1) is 0 Å². The monoisotopic (exact) mass is 502 g/mol. The van der Waals surface area contributed by atoms with Crippen molar-refractivity contribution < 1.29 is 27.1 Å². The Balaban J connectivity index is 1.83. The summed E-state index contributed by atoms with van der Waals surface area (Å²) in [5.41, 5.74) is 0.0310. The summed E-state index contributed by atoms with van der Waals surface area (Å²) in [4.78, 5) is 25.5. The van der Waals surface area contributed by atoms with E-state index >= 15 is 0 Å². The van der Waals surface area contributed by atoms with Gasteiger partial charge in [-0.25, -0.2) is 13.2 Å². The number of hydrogen-bond donors (Lipinski definition) is 0. The van der Waals surface area contributed by atoms with Crippen molar-refractivity contribution in [3.05, 3.63) is 52.2 Å². The fourth-order valence-corrected chi connectivity index (χ4v) is 5.05. The van der Waals surface area contributed by atoms with Crippen LogP contribution < -0.4 is 5.43 Å². The number of rotatable bonds is 14. The first-order valence-electron chi connectivity index (χ1n) is 12.4. The van der Waals surface area contributed by atoms with Gasteiger partial charge < -0.3 is 13.9 Å². The van der Waals surface area contributed by atoms with Gasteiger partial charge in [-0.05, 0) is 43.2 Å². The fourth-order valence-electron chi connectivity index (χ4n) is 3.86. The Morgan fingerprint density at radius 3 is 2.37 bits per heavy atom. The number of ether oxygens (including phenoxy) is 2. The molecule has 0 bridgehead atoms. The second kappa shape index (κ2) is 12.8. The number of fused-ring (bicyclic) bond motifs is 2. The van der Waals surface area contributed by atoms with Crippen LogP contribution in [-0.4, -0.2) is 33.5 Å². The normalized spacial score (nSPS) is 11.8. The maximum Gasteiger partial charge on any atom is 0.338 e. The molecule has 0 aliphatic heterocycles. The number of carbonyl (C=O) groups is 1. The van der Waals surface area contributed by atoms with Crippen molar-refractivity contribution in [1.82, 2.24) is 0 Å². The predicted molar refractivity (Wildman–Crippen MR) is 137 cm³/mol. The topological polar surface area (TPSA) is 99.9 Å². The van der Waals surface area contributed by atoms with E-state index in [4.69, 9.17) is 13.9 Å². The fraction of sp³-hybridized carbons (Fsp3) is 0.481. The van der Waals surface area contributed by atoms with Crippen LogP contribution in [0.4, 0.5) is 0 Å². The highest BCUT2D eigenvalue weighted by Crippen LogP contribution is 2.26. The molecule has 0 radical (unpaired) electrons. The standard InChI is InChI=1S/C27H34O7S/c1-3-5-7-8-10-16-32-19-35(30,31)24-13-11-12-21-25(28)22-18-20(14-15-23(22)34-26(21)24)27(29)33-17-9-6-4-2/h11-15,18H,3-10,16-17,19H2,1-2H3. The second-order valence-electron chi connectivity index (χ2n) is 8.67. The quantitative estimate of drug-likeness (QED) is 0.151. The molecule has 0 amide bonds. The lowest BCUT2D eigenvalue weighted by Gasteiger charge is -2.10. The molecule has 35 heavy (non-hydrogen) atoms. The Labute approximate surface area is 206 Å². The Morgan fingerprint density at radius 2 is 1.60 bits per heavy atom. The van der Waals surface area contributed by atoms with E-state index in [1.807, 2.05) is 0 Å². The van der Waals surface area contributed by atoms with Gasteiger partial charge in [0, 0.05) is 6.61 Å². The molecule has 0 N–H and O–H groups in total. The number of para-hydroxylation sites is 1. The van der Waals surface area contributed by atoms with Gasteiger partial charge in [0.1, 0.15) is 10.5 Å². The van der Waals surface area contributed by atoms with Crippen LogP contribution in [0.2, 0.25) is 0 Å². The molecule has 0 saturated heterocycles. The summed E-state index contributed by atoms with van der Waals surface area (Å²) in [6, 6.07) is 8.89. The van der Waals surface area contributed by atoms with Crippen molar-refractivity contribution in [2.75, 3.05) is 19.2 Å². The minimum absolute atomic E-state index is 0.00793. The van der Waals surface area contributed by atoms with Crippen LogP contribution in [0.15, 0.2) is 50.5 Å². The van der Waals surface area contributed by atoms with Crippen molar-refractivity contribution >= 4 is 37.7 Å². The van der Waals surface area contributed by atoms with Gasteiger partial charge in [0.05, 0.1) is 22.9 Å². The summed E-state index contributed by atoms with van der Waals surface area (Å²) >= 11 is 0. The first-order valence-corrected chi connectivity index (χ1v) is 14.0. The molecular formula is C27H34O7S. The van der Waals surface area contributed by atoms with E-state index in [1.165, 1.54) is 36.4 Å². The predicted octanol–water partition coefficient (Wildman–Crippen LogP) is 6.01. The van der Waals surface area contributed by atoms with Crippen molar-refractivity contribution in [2.24, 2.45) is 0 Å². The molecule has 1 heterocycles. The van der Waals surface area contributed by atoms with E-state index < -0.39 is 27.2 Å².